The molecule has 0 saturated heterocycles. The van der Waals surface area contributed by atoms with E-state index < -0.39 is 15.3 Å². The van der Waals surface area contributed by atoms with E-state index in [9.17, 15) is 18.5 Å². The lowest BCUT2D eigenvalue weighted by molar-refractivity contribution is -0.115. The highest BCUT2D eigenvalue weighted by atomic mass is 32.2. The standard InChI is InChI=1S/C25H28N6O3S3/c1-3-22(36-24-18(15-26)14-17-8-6-4-5-7-9-21(17)28-24)23(32)27-19-10-12-20(13-11-19)37(33,34)31-25-30-29-16(2)35-25/h10-14,22H,3-9H2,1-2H3,(H,27,32)(H,30,31). The number of carbonyl (C=O) groups is 1. The van der Waals surface area contributed by atoms with E-state index in [0.29, 0.717) is 27.7 Å². The average Bonchev–Trinajstić information content (AvgIpc) is 3.26. The second kappa shape index (κ2) is 12.0. The van der Waals surface area contributed by atoms with Crippen LogP contribution in [0.4, 0.5) is 10.8 Å². The van der Waals surface area contributed by atoms with E-state index in [1.54, 1.807) is 19.1 Å². The monoisotopic (exact) mass is 556 g/mol. The fraction of sp³-hybridized carbons (Fsp3) is 0.400. The van der Waals surface area contributed by atoms with Crippen LogP contribution in [0.5, 0.6) is 0 Å². The van der Waals surface area contributed by atoms with Gasteiger partial charge in [0, 0.05) is 11.4 Å². The van der Waals surface area contributed by atoms with Crippen molar-refractivity contribution in [2.45, 2.75) is 74.0 Å². The Hall–Kier alpha value is -3.01. The number of nitrogens with zero attached hydrogens (tertiary/aromatic N) is 4. The zero-order valence-corrected chi connectivity index (χ0v) is 23.1. The molecule has 0 spiro atoms. The summed E-state index contributed by atoms with van der Waals surface area (Å²) in [5.41, 5.74) is 3.15. The number of pyridine rings is 1. The Morgan fingerprint density at radius 3 is 2.54 bits per heavy atom. The first kappa shape index (κ1) is 27.0. The van der Waals surface area contributed by atoms with Gasteiger partial charge in [-0.25, -0.2) is 13.4 Å². The first-order valence-electron chi connectivity index (χ1n) is 12.1. The minimum atomic E-state index is -3.82. The summed E-state index contributed by atoms with van der Waals surface area (Å²) in [6, 6.07) is 10.1. The van der Waals surface area contributed by atoms with Gasteiger partial charge in [0.1, 0.15) is 16.1 Å². The van der Waals surface area contributed by atoms with Gasteiger partial charge in [0.05, 0.1) is 15.7 Å². The van der Waals surface area contributed by atoms with E-state index in [0.717, 1.165) is 48.3 Å². The third-order valence-corrected chi connectivity index (χ3v) is 9.59. The molecule has 2 heterocycles. The van der Waals surface area contributed by atoms with Gasteiger partial charge in [0.25, 0.3) is 10.0 Å². The summed E-state index contributed by atoms with van der Waals surface area (Å²) in [6.07, 6.45) is 6.92. The number of benzene rings is 1. The summed E-state index contributed by atoms with van der Waals surface area (Å²) in [5, 5.41) is 21.1. The maximum atomic E-state index is 13.1. The fourth-order valence-corrected chi connectivity index (χ4v) is 6.87. The van der Waals surface area contributed by atoms with Crippen LogP contribution in [-0.2, 0) is 27.7 Å². The lowest BCUT2D eigenvalue weighted by Crippen LogP contribution is -2.25. The zero-order chi connectivity index (χ0) is 26.4. The molecular weight excluding hydrogens is 529 g/mol. The highest BCUT2D eigenvalue weighted by Gasteiger charge is 2.23. The van der Waals surface area contributed by atoms with Crippen LogP contribution in [0.1, 0.15) is 60.9 Å². The topological polar surface area (TPSA) is 138 Å². The molecule has 1 aromatic carbocycles. The van der Waals surface area contributed by atoms with Crippen LogP contribution in [0.2, 0.25) is 0 Å². The number of aromatic nitrogens is 3. The van der Waals surface area contributed by atoms with Gasteiger partial charge < -0.3 is 5.32 Å². The Balaban J connectivity index is 1.45. The molecule has 0 bridgehead atoms. The van der Waals surface area contributed by atoms with E-state index in [4.69, 9.17) is 4.98 Å². The van der Waals surface area contributed by atoms with E-state index in [2.05, 4.69) is 26.3 Å². The van der Waals surface area contributed by atoms with Crippen molar-refractivity contribution >= 4 is 49.8 Å². The minimum absolute atomic E-state index is 0.0448. The van der Waals surface area contributed by atoms with Crippen LogP contribution in [0.15, 0.2) is 40.3 Å². The molecule has 1 unspecified atom stereocenters. The first-order chi connectivity index (χ1) is 17.8. The Morgan fingerprint density at radius 2 is 1.89 bits per heavy atom. The molecule has 194 valence electrons. The number of carbonyl (C=O) groups excluding carboxylic acids is 1. The molecule has 0 saturated carbocycles. The van der Waals surface area contributed by atoms with Crippen LogP contribution < -0.4 is 10.0 Å². The summed E-state index contributed by atoms with van der Waals surface area (Å²) in [5.74, 6) is -0.233. The van der Waals surface area contributed by atoms with Crippen molar-refractivity contribution in [1.82, 2.24) is 15.2 Å². The molecule has 2 aromatic heterocycles. The van der Waals surface area contributed by atoms with Gasteiger partial charge in [-0.05, 0) is 74.9 Å². The number of hydrogen-bond donors (Lipinski definition) is 2. The van der Waals surface area contributed by atoms with Crippen LogP contribution in [0, 0.1) is 18.3 Å². The smallest absolute Gasteiger partial charge is 0.263 e. The van der Waals surface area contributed by atoms with Gasteiger partial charge in [-0.2, -0.15) is 5.26 Å². The predicted molar refractivity (Wildman–Crippen MR) is 145 cm³/mol. The molecule has 1 atom stereocenters. The maximum absolute atomic E-state index is 13.1. The number of rotatable bonds is 8. The quantitative estimate of drug-likeness (QED) is 0.366. The summed E-state index contributed by atoms with van der Waals surface area (Å²) in [7, 11) is -3.82. The molecule has 1 aliphatic rings. The Bertz CT molecular complexity index is 1410. The van der Waals surface area contributed by atoms with Crippen molar-refractivity contribution in [3.8, 4) is 6.07 Å². The molecule has 4 rings (SSSR count). The van der Waals surface area contributed by atoms with Crippen molar-refractivity contribution in [1.29, 1.82) is 5.26 Å². The minimum Gasteiger partial charge on any atom is -0.325 e. The number of thioether (sulfide) groups is 1. The zero-order valence-electron chi connectivity index (χ0n) is 20.7. The molecule has 9 nitrogen and oxygen atoms in total. The van der Waals surface area contributed by atoms with Crippen molar-refractivity contribution in [2.24, 2.45) is 0 Å². The molecule has 12 heteroatoms. The Morgan fingerprint density at radius 1 is 1.16 bits per heavy atom. The normalized spacial score (nSPS) is 14.5. The van der Waals surface area contributed by atoms with E-state index in [-0.39, 0.29) is 15.9 Å². The van der Waals surface area contributed by atoms with Crippen LogP contribution in [-0.4, -0.2) is 34.8 Å². The molecule has 1 aliphatic carbocycles. The highest BCUT2D eigenvalue weighted by Crippen LogP contribution is 2.31. The Kier molecular flexibility index (Phi) is 8.79. The highest BCUT2D eigenvalue weighted by molar-refractivity contribution is 8.00. The molecular formula is C25H28N6O3S3. The number of anilines is 2. The maximum Gasteiger partial charge on any atom is 0.263 e. The van der Waals surface area contributed by atoms with Crippen molar-refractivity contribution in [3.05, 3.63) is 52.2 Å². The molecule has 0 aliphatic heterocycles. The number of aryl methyl sites for hydroxylation is 3. The number of amides is 1. The van der Waals surface area contributed by atoms with Gasteiger partial charge in [0.15, 0.2) is 0 Å². The summed E-state index contributed by atoms with van der Waals surface area (Å²) in [4.78, 5) is 17.9. The summed E-state index contributed by atoms with van der Waals surface area (Å²) >= 11 is 2.44. The number of nitriles is 1. The second-order valence-electron chi connectivity index (χ2n) is 8.73. The molecule has 2 N–H and O–H groups in total. The average molecular weight is 557 g/mol. The Labute approximate surface area is 225 Å². The third-order valence-electron chi connectivity index (χ3n) is 5.98. The van der Waals surface area contributed by atoms with Crippen LogP contribution in [0.3, 0.4) is 0 Å². The van der Waals surface area contributed by atoms with E-state index in [1.165, 1.54) is 36.7 Å². The van der Waals surface area contributed by atoms with E-state index >= 15 is 0 Å². The van der Waals surface area contributed by atoms with Gasteiger partial charge in [0.2, 0.25) is 11.0 Å². The second-order valence-corrected chi connectivity index (χ2v) is 12.8. The van der Waals surface area contributed by atoms with Crippen LogP contribution >= 0.6 is 23.1 Å². The van der Waals surface area contributed by atoms with Gasteiger partial charge >= 0.3 is 0 Å². The predicted octanol–water partition coefficient (Wildman–Crippen LogP) is 5.08. The third kappa shape index (κ3) is 6.85. The lowest BCUT2D eigenvalue weighted by atomic mass is 9.96. The number of fused-ring (bicyclic) bond motifs is 1. The summed E-state index contributed by atoms with van der Waals surface area (Å²) < 4.78 is 27.6. The van der Waals surface area contributed by atoms with Gasteiger partial charge in [-0.15, -0.1) is 10.2 Å². The number of hydrogen-bond acceptors (Lipinski definition) is 9. The fourth-order valence-electron chi connectivity index (χ4n) is 4.05. The first-order valence-corrected chi connectivity index (χ1v) is 15.3. The van der Waals surface area contributed by atoms with Crippen molar-refractivity contribution in [3.63, 3.8) is 0 Å². The molecule has 37 heavy (non-hydrogen) atoms. The van der Waals surface area contributed by atoms with Crippen molar-refractivity contribution < 1.29 is 13.2 Å². The molecule has 0 fully saturated rings. The van der Waals surface area contributed by atoms with Gasteiger partial charge in [-0.1, -0.05) is 42.9 Å². The lowest BCUT2D eigenvalue weighted by Gasteiger charge is -2.18. The van der Waals surface area contributed by atoms with Crippen LogP contribution in [0.25, 0.3) is 0 Å². The SMILES string of the molecule is CCC(Sc1nc2c(cc1C#N)CCCCCC2)C(=O)Nc1ccc(S(=O)(=O)Nc2nnc(C)s2)cc1. The molecule has 0 radical (unpaired) electrons. The number of sulfonamides is 1. The summed E-state index contributed by atoms with van der Waals surface area (Å²) in [6.45, 7) is 3.65. The number of nitrogens with one attached hydrogen (secondary N) is 2. The largest absolute Gasteiger partial charge is 0.325 e. The van der Waals surface area contributed by atoms with Gasteiger partial charge in [-0.3, -0.25) is 9.52 Å². The van der Waals surface area contributed by atoms with Crippen molar-refractivity contribution in [2.75, 3.05) is 10.0 Å². The molecule has 1 amide bonds. The van der Waals surface area contributed by atoms with E-state index in [1.807, 2.05) is 13.0 Å². The molecule has 3 aromatic rings.